The summed E-state index contributed by atoms with van der Waals surface area (Å²) in [6.45, 7) is 6.22. The van der Waals surface area contributed by atoms with Crippen molar-refractivity contribution in [3.05, 3.63) is 0 Å². The van der Waals surface area contributed by atoms with Crippen molar-refractivity contribution in [3.63, 3.8) is 0 Å². The summed E-state index contributed by atoms with van der Waals surface area (Å²) >= 11 is 0. The van der Waals surface area contributed by atoms with Crippen LogP contribution in [0.5, 0.6) is 0 Å². The predicted octanol–water partition coefficient (Wildman–Crippen LogP) is 3.16. The number of carbonyl (C=O) groups is 1. The lowest BCUT2D eigenvalue weighted by atomic mass is 10.3. The van der Waals surface area contributed by atoms with Crippen LogP contribution in [0.25, 0.3) is 0 Å². The molecule has 0 amide bonds. The average molecular weight is 190 g/mol. The Hall–Kier alpha value is -0.100. The fraction of sp³-hybridized carbons (Fsp3) is 0.889. The van der Waals surface area contributed by atoms with Gasteiger partial charge in [0.05, 0.1) is 8.15 Å². The van der Waals surface area contributed by atoms with E-state index in [2.05, 4.69) is 20.8 Å². The summed E-state index contributed by atoms with van der Waals surface area (Å²) in [6, 6.07) is 0. The van der Waals surface area contributed by atoms with E-state index in [1.165, 1.54) is 0 Å². The highest BCUT2D eigenvalue weighted by atomic mass is 31.1. The van der Waals surface area contributed by atoms with E-state index in [4.69, 9.17) is 4.52 Å². The van der Waals surface area contributed by atoms with Gasteiger partial charge in [0, 0.05) is 18.7 Å². The summed E-state index contributed by atoms with van der Waals surface area (Å²) in [5, 5.41) is 0. The van der Waals surface area contributed by atoms with Crippen LogP contribution in [-0.4, -0.2) is 18.3 Å². The van der Waals surface area contributed by atoms with Gasteiger partial charge in [-0.1, -0.05) is 27.2 Å². The maximum Gasteiger partial charge on any atom is 0.308 e. The lowest BCUT2D eigenvalue weighted by molar-refractivity contribution is -0.133. The fourth-order valence-electron chi connectivity index (χ4n) is 0.863. The van der Waals surface area contributed by atoms with Crippen molar-refractivity contribution in [3.8, 4) is 0 Å². The first kappa shape index (κ1) is 11.9. The van der Waals surface area contributed by atoms with E-state index in [1.807, 2.05) is 0 Å². The van der Waals surface area contributed by atoms with Gasteiger partial charge in [-0.3, -0.25) is 4.79 Å². The lowest BCUT2D eigenvalue weighted by Gasteiger charge is -2.12. The zero-order valence-electron chi connectivity index (χ0n) is 8.30. The van der Waals surface area contributed by atoms with Crippen molar-refractivity contribution in [2.75, 3.05) is 12.3 Å². The van der Waals surface area contributed by atoms with Crippen LogP contribution < -0.4 is 0 Å². The van der Waals surface area contributed by atoms with Gasteiger partial charge >= 0.3 is 5.97 Å². The molecule has 0 atom stereocenters. The van der Waals surface area contributed by atoms with Crippen molar-refractivity contribution in [2.24, 2.45) is 0 Å². The smallest absolute Gasteiger partial charge is 0.308 e. The summed E-state index contributed by atoms with van der Waals surface area (Å²) in [7, 11) is -0.462. The van der Waals surface area contributed by atoms with Crippen LogP contribution in [0.4, 0.5) is 0 Å². The van der Waals surface area contributed by atoms with E-state index in [0.29, 0.717) is 6.42 Å². The van der Waals surface area contributed by atoms with E-state index < -0.39 is 8.15 Å². The van der Waals surface area contributed by atoms with Crippen LogP contribution in [0.2, 0.25) is 0 Å². The van der Waals surface area contributed by atoms with Gasteiger partial charge in [0.25, 0.3) is 0 Å². The topological polar surface area (TPSA) is 26.3 Å². The minimum Gasteiger partial charge on any atom is -0.445 e. The van der Waals surface area contributed by atoms with E-state index >= 15 is 0 Å². The number of hydrogen-bond donors (Lipinski definition) is 0. The first-order valence-electron chi connectivity index (χ1n) is 4.70. The van der Waals surface area contributed by atoms with Crippen LogP contribution in [0.1, 0.15) is 40.0 Å². The molecule has 0 aliphatic heterocycles. The van der Waals surface area contributed by atoms with Gasteiger partial charge in [-0.25, -0.2) is 0 Å². The Labute approximate surface area is 76.5 Å². The van der Waals surface area contributed by atoms with E-state index in [9.17, 15) is 4.79 Å². The Morgan fingerprint density at radius 3 is 2.25 bits per heavy atom. The van der Waals surface area contributed by atoms with E-state index in [1.54, 1.807) is 0 Å². The van der Waals surface area contributed by atoms with Crippen molar-refractivity contribution in [1.82, 2.24) is 0 Å². The van der Waals surface area contributed by atoms with Gasteiger partial charge in [0.1, 0.15) is 0 Å². The summed E-state index contributed by atoms with van der Waals surface area (Å²) in [5.41, 5.74) is 0. The fourth-order valence-corrected chi connectivity index (χ4v) is 1.95. The van der Waals surface area contributed by atoms with Gasteiger partial charge in [-0.15, -0.1) is 0 Å². The molecule has 0 bridgehead atoms. The molecule has 0 saturated heterocycles. The SMILES string of the molecule is CCCCC(=O)OP(CC)CC. The van der Waals surface area contributed by atoms with Gasteiger partial charge in [-0.2, -0.15) is 0 Å². The molecule has 0 unspecified atom stereocenters. The normalized spacial score (nSPS) is 10.3. The summed E-state index contributed by atoms with van der Waals surface area (Å²) in [4.78, 5) is 11.1. The van der Waals surface area contributed by atoms with Crippen LogP contribution in [0.15, 0.2) is 0 Å². The number of hydrogen-bond acceptors (Lipinski definition) is 2. The Bertz CT molecular complexity index is 122. The predicted molar refractivity (Wildman–Crippen MR) is 53.6 cm³/mol. The second-order valence-corrected chi connectivity index (χ2v) is 5.09. The Balaban J connectivity index is 3.52. The number of rotatable bonds is 6. The van der Waals surface area contributed by atoms with Crippen molar-refractivity contribution in [2.45, 2.75) is 40.0 Å². The Morgan fingerprint density at radius 2 is 1.83 bits per heavy atom. The highest BCUT2D eigenvalue weighted by molar-refractivity contribution is 7.52. The van der Waals surface area contributed by atoms with Crippen LogP contribution in [0, 0.1) is 0 Å². The summed E-state index contributed by atoms with van der Waals surface area (Å²) < 4.78 is 5.28. The minimum atomic E-state index is -0.462. The highest BCUT2D eigenvalue weighted by Gasteiger charge is 2.09. The highest BCUT2D eigenvalue weighted by Crippen LogP contribution is 2.35. The summed E-state index contributed by atoms with van der Waals surface area (Å²) in [5.74, 6) is -0.00772. The van der Waals surface area contributed by atoms with Crippen LogP contribution in [-0.2, 0) is 9.32 Å². The minimum absolute atomic E-state index is 0.00772. The Morgan fingerprint density at radius 1 is 1.25 bits per heavy atom. The van der Waals surface area contributed by atoms with Gasteiger partial charge in [0.2, 0.25) is 0 Å². The monoisotopic (exact) mass is 190 g/mol. The lowest BCUT2D eigenvalue weighted by Crippen LogP contribution is -2.01. The molecule has 0 aromatic carbocycles. The standard InChI is InChI=1S/C9H19O2P/c1-4-7-8-9(10)11-12(5-2)6-3/h4-8H2,1-3H3. The molecule has 0 saturated carbocycles. The van der Waals surface area contributed by atoms with Crippen molar-refractivity contribution in [1.29, 1.82) is 0 Å². The van der Waals surface area contributed by atoms with E-state index in [0.717, 1.165) is 25.2 Å². The quantitative estimate of drug-likeness (QED) is 0.601. The average Bonchev–Trinajstić information content (AvgIpc) is 2.10. The molecule has 3 heteroatoms. The number of carbonyl (C=O) groups excluding carboxylic acids is 1. The van der Waals surface area contributed by atoms with Gasteiger partial charge in [-0.05, 0) is 6.42 Å². The zero-order chi connectivity index (χ0) is 9.40. The molecule has 0 rings (SSSR count). The summed E-state index contributed by atoms with van der Waals surface area (Å²) in [6.07, 6.45) is 4.59. The maximum atomic E-state index is 11.1. The molecule has 0 heterocycles. The molecule has 12 heavy (non-hydrogen) atoms. The molecule has 0 aliphatic rings. The third-order valence-electron chi connectivity index (χ3n) is 1.67. The second-order valence-electron chi connectivity index (χ2n) is 2.68. The second kappa shape index (κ2) is 7.54. The molecule has 0 aliphatic carbocycles. The molecule has 2 nitrogen and oxygen atoms in total. The molecular formula is C9H19O2P. The molecule has 0 radical (unpaired) electrons. The molecule has 0 N–H and O–H groups in total. The molecular weight excluding hydrogens is 171 g/mol. The maximum absolute atomic E-state index is 11.1. The van der Waals surface area contributed by atoms with Crippen LogP contribution >= 0.6 is 8.15 Å². The molecule has 0 aromatic rings. The van der Waals surface area contributed by atoms with Crippen LogP contribution in [0.3, 0.4) is 0 Å². The largest absolute Gasteiger partial charge is 0.445 e. The molecule has 72 valence electrons. The molecule has 0 aromatic heterocycles. The molecule has 0 fully saturated rings. The Kier molecular flexibility index (Phi) is 7.48. The first-order chi connectivity index (χ1) is 5.74. The first-order valence-corrected chi connectivity index (χ1v) is 6.33. The number of unbranched alkanes of at least 4 members (excludes halogenated alkanes) is 1. The van der Waals surface area contributed by atoms with E-state index in [-0.39, 0.29) is 5.97 Å². The zero-order valence-corrected chi connectivity index (χ0v) is 9.19. The van der Waals surface area contributed by atoms with Crippen molar-refractivity contribution < 1.29 is 9.32 Å². The van der Waals surface area contributed by atoms with Gasteiger partial charge in [0.15, 0.2) is 0 Å². The van der Waals surface area contributed by atoms with Gasteiger partial charge < -0.3 is 4.52 Å². The molecule has 0 spiro atoms. The third kappa shape index (κ3) is 5.54. The van der Waals surface area contributed by atoms with Crippen molar-refractivity contribution >= 4 is 14.1 Å². The third-order valence-corrected chi connectivity index (χ3v) is 3.54.